The molecule has 0 radical (unpaired) electrons. The molecule has 2 aromatic rings. The van der Waals surface area contributed by atoms with Crippen LogP contribution in [0.25, 0.3) is 0 Å². The van der Waals surface area contributed by atoms with Gasteiger partial charge in [0.05, 0.1) is 42.7 Å². The Morgan fingerprint density at radius 2 is 1.02 bits per heavy atom. The van der Waals surface area contributed by atoms with Gasteiger partial charge in [-0.3, -0.25) is 0 Å². The fourth-order valence-electron chi connectivity index (χ4n) is 5.13. The van der Waals surface area contributed by atoms with Gasteiger partial charge in [-0.1, -0.05) is 72.8 Å². The molecule has 1 aliphatic rings. The van der Waals surface area contributed by atoms with Crippen molar-refractivity contribution in [3.8, 4) is 28.7 Å². The van der Waals surface area contributed by atoms with E-state index in [9.17, 15) is 0 Å². The largest absolute Gasteiger partial charge is 0.493 e. The van der Waals surface area contributed by atoms with Crippen molar-refractivity contribution in [2.24, 2.45) is 0 Å². The van der Waals surface area contributed by atoms with Crippen molar-refractivity contribution in [1.29, 1.82) is 0 Å². The van der Waals surface area contributed by atoms with Gasteiger partial charge < -0.3 is 23.7 Å². The number of aryl methyl sites for hydroxylation is 1. The molecule has 0 spiro atoms. The lowest BCUT2D eigenvalue weighted by Crippen LogP contribution is -2.26. The summed E-state index contributed by atoms with van der Waals surface area (Å²) in [6.07, 6.45) is 13.8. The molecule has 0 saturated carbocycles. The summed E-state index contributed by atoms with van der Waals surface area (Å²) in [5.41, 5.74) is 2.48. The Morgan fingerprint density at radius 3 is 1.53 bits per heavy atom. The predicted molar refractivity (Wildman–Crippen MR) is 194 cm³/mol. The molecule has 1 fully saturated rings. The molecular formula is C38H60O5S2. The van der Waals surface area contributed by atoms with Gasteiger partial charge in [-0.25, -0.2) is 0 Å². The summed E-state index contributed by atoms with van der Waals surface area (Å²) in [6.45, 7) is 14.5. The Bertz CT molecular complexity index is 1050. The lowest BCUT2D eigenvalue weighted by atomic mass is 10.00. The topological polar surface area (TPSA) is 46.2 Å². The van der Waals surface area contributed by atoms with E-state index in [1.54, 1.807) is 0 Å². The van der Waals surface area contributed by atoms with Crippen LogP contribution in [-0.2, 0) is 10.5 Å². The average Bonchev–Trinajstić information content (AvgIpc) is 3.05. The summed E-state index contributed by atoms with van der Waals surface area (Å²) in [5.74, 6) is 6.68. The van der Waals surface area contributed by atoms with E-state index in [0.29, 0.717) is 26.4 Å². The normalized spacial score (nSPS) is 14.2. The molecule has 1 saturated heterocycles. The van der Waals surface area contributed by atoms with Crippen LogP contribution in [0, 0.1) is 0 Å². The van der Waals surface area contributed by atoms with Crippen LogP contribution in [0.4, 0.5) is 0 Å². The van der Waals surface area contributed by atoms with Crippen LogP contribution in [0.2, 0.25) is 0 Å². The molecule has 3 rings (SSSR count). The molecule has 0 atom stereocenters. The summed E-state index contributed by atoms with van der Waals surface area (Å²) < 4.78 is 31.7. The lowest BCUT2D eigenvalue weighted by molar-refractivity contribution is 0.261. The fourth-order valence-corrected chi connectivity index (χ4v) is 8.57. The van der Waals surface area contributed by atoms with Crippen LogP contribution in [0.15, 0.2) is 30.3 Å². The Morgan fingerprint density at radius 1 is 0.556 bits per heavy atom. The highest BCUT2D eigenvalue weighted by molar-refractivity contribution is 8.18. The standard InChI is InChI=1S/C38H60O5S2/c1-6-11-21-39-32-29-35(42-24-14-9-4)37(36(30-32)43-25-15-10-5)38(44-26-16-27-45-38)20-19-31-17-18-33(40-22-12-7-2)34(28-31)41-23-13-8-3/h17-18,28-30H,6-16,19-27H2,1-5H3. The van der Waals surface area contributed by atoms with E-state index in [0.717, 1.165) is 124 Å². The van der Waals surface area contributed by atoms with Crippen molar-refractivity contribution in [3.05, 3.63) is 41.5 Å². The molecule has 0 aromatic heterocycles. The van der Waals surface area contributed by atoms with Crippen molar-refractivity contribution in [2.45, 2.75) is 122 Å². The van der Waals surface area contributed by atoms with E-state index in [4.69, 9.17) is 23.7 Å². The zero-order valence-corrected chi connectivity index (χ0v) is 30.5. The summed E-state index contributed by atoms with van der Waals surface area (Å²) in [6, 6.07) is 10.8. The second-order valence-electron chi connectivity index (χ2n) is 11.9. The molecule has 0 unspecified atom stereocenters. The molecule has 1 aliphatic heterocycles. The van der Waals surface area contributed by atoms with E-state index in [-0.39, 0.29) is 4.08 Å². The third-order valence-corrected chi connectivity index (χ3v) is 11.4. The minimum Gasteiger partial charge on any atom is -0.493 e. The smallest absolute Gasteiger partial charge is 0.161 e. The van der Waals surface area contributed by atoms with Crippen molar-refractivity contribution in [3.63, 3.8) is 0 Å². The van der Waals surface area contributed by atoms with Gasteiger partial charge in [-0.05, 0) is 80.6 Å². The van der Waals surface area contributed by atoms with Crippen LogP contribution < -0.4 is 23.7 Å². The first-order valence-electron chi connectivity index (χ1n) is 17.8. The van der Waals surface area contributed by atoms with Crippen LogP contribution >= 0.6 is 23.5 Å². The van der Waals surface area contributed by atoms with Gasteiger partial charge >= 0.3 is 0 Å². The molecule has 0 N–H and O–H groups in total. The van der Waals surface area contributed by atoms with Gasteiger partial charge in [0, 0.05) is 12.1 Å². The zero-order valence-electron chi connectivity index (χ0n) is 28.9. The molecule has 0 amide bonds. The van der Waals surface area contributed by atoms with Gasteiger partial charge in [0.15, 0.2) is 11.5 Å². The molecule has 254 valence electrons. The van der Waals surface area contributed by atoms with E-state index in [1.165, 1.54) is 17.5 Å². The molecule has 7 heteroatoms. The van der Waals surface area contributed by atoms with E-state index >= 15 is 0 Å². The zero-order chi connectivity index (χ0) is 32.2. The van der Waals surface area contributed by atoms with Crippen molar-refractivity contribution >= 4 is 23.5 Å². The summed E-state index contributed by atoms with van der Waals surface area (Å²) in [5, 5.41) is 0. The van der Waals surface area contributed by atoms with E-state index in [1.807, 2.05) is 0 Å². The van der Waals surface area contributed by atoms with E-state index in [2.05, 4.69) is 88.5 Å². The Labute approximate surface area is 283 Å². The van der Waals surface area contributed by atoms with Crippen LogP contribution in [0.1, 0.15) is 123 Å². The molecule has 45 heavy (non-hydrogen) atoms. The van der Waals surface area contributed by atoms with Crippen molar-refractivity contribution in [2.75, 3.05) is 44.5 Å². The third-order valence-electron chi connectivity index (χ3n) is 7.92. The minimum atomic E-state index is -0.178. The summed E-state index contributed by atoms with van der Waals surface area (Å²) >= 11 is 4.12. The van der Waals surface area contributed by atoms with Gasteiger partial charge in [0.25, 0.3) is 0 Å². The second-order valence-corrected chi connectivity index (χ2v) is 14.9. The molecular weight excluding hydrogens is 601 g/mol. The molecule has 0 bridgehead atoms. The maximum absolute atomic E-state index is 6.62. The summed E-state index contributed by atoms with van der Waals surface area (Å²) in [4.78, 5) is 0. The Balaban J connectivity index is 1.99. The molecule has 0 aliphatic carbocycles. The monoisotopic (exact) mass is 660 g/mol. The van der Waals surface area contributed by atoms with Gasteiger partial charge in [0.2, 0.25) is 0 Å². The summed E-state index contributed by atoms with van der Waals surface area (Å²) in [7, 11) is 0. The van der Waals surface area contributed by atoms with Crippen molar-refractivity contribution < 1.29 is 23.7 Å². The number of ether oxygens (including phenoxy) is 5. The maximum Gasteiger partial charge on any atom is 0.161 e. The molecule has 2 aromatic carbocycles. The highest BCUT2D eigenvalue weighted by Gasteiger charge is 2.41. The van der Waals surface area contributed by atoms with Crippen molar-refractivity contribution in [1.82, 2.24) is 0 Å². The van der Waals surface area contributed by atoms with Gasteiger partial charge in [-0.15, -0.1) is 23.5 Å². The second kappa shape index (κ2) is 21.8. The van der Waals surface area contributed by atoms with Gasteiger partial charge in [0.1, 0.15) is 17.2 Å². The minimum absolute atomic E-state index is 0.178. The van der Waals surface area contributed by atoms with Crippen LogP contribution in [-0.4, -0.2) is 44.5 Å². The third kappa shape index (κ3) is 12.4. The highest BCUT2D eigenvalue weighted by Crippen LogP contribution is 2.59. The number of rotatable bonds is 24. The number of hydrogen-bond acceptors (Lipinski definition) is 7. The molecule has 1 heterocycles. The maximum atomic E-state index is 6.62. The highest BCUT2D eigenvalue weighted by atomic mass is 32.2. The predicted octanol–water partition coefficient (Wildman–Crippen LogP) is 11.2. The van der Waals surface area contributed by atoms with Crippen LogP contribution in [0.3, 0.4) is 0 Å². The van der Waals surface area contributed by atoms with Crippen LogP contribution in [0.5, 0.6) is 28.7 Å². The Kier molecular flexibility index (Phi) is 18.3. The SMILES string of the molecule is CCCCOc1cc(OCCCC)c(C2(CCc3ccc(OCCCC)c(OCCCC)c3)SCCCS2)c(OCCCC)c1. The first kappa shape index (κ1) is 37.6. The Hall–Kier alpha value is -1.86. The average molecular weight is 661 g/mol. The quantitative estimate of drug-likeness (QED) is 0.104. The number of hydrogen-bond donors (Lipinski definition) is 0. The fraction of sp³-hybridized carbons (Fsp3) is 0.684. The number of benzene rings is 2. The van der Waals surface area contributed by atoms with Gasteiger partial charge in [-0.2, -0.15) is 0 Å². The molecule has 5 nitrogen and oxygen atoms in total. The lowest BCUT2D eigenvalue weighted by Gasteiger charge is -2.39. The first-order valence-corrected chi connectivity index (χ1v) is 19.8. The number of thioether (sulfide) groups is 2. The first-order chi connectivity index (χ1) is 22.1. The number of unbranched alkanes of at least 4 members (excludes halogenated alkanes) is 5. The van der Waals surface area contributed by atoms with E-state index < -0.39 is 0 Å².